The van der Waals surface area contributed by atoms with Crippen molar-refractivity contribution in [3.8, 4) is 0 Å². The van der Waals surface area contributed by atoms with Crippen LogP contribution in [0.5, 0.6) is 0 Å². The molecular weight excluding hydrogens is 188 g/mol. The Hall–Kier alpha value is -1.09. The third-order valence-electron chi connectivity index (χ3n) is 2.08. The molecular formula is C12H20N2O. The molecule has 0 aromatic carbocycles. The maximum Gasteiger partial charge on any atom is 0.126 e. The molecule has 15 heavy (non-hydrogen) atoms. The largest absolute Gasteiger partial charge is 0.389 e. The summed E-state index contributed by atoms with van der Waals surface area (Å²) in [4.78, 5) is 4.41. The minimum absolute atomic E-state index is 0.00574. The van der Waals surface area contributed by atoms with Crippen molar-refractivity contribution in [1.29, 1.82) is 0 Å². The molecule has 0 unspecified atom stereocenters. The molecule has 0 spiro atoms. The van der Waals surface area contributed by atoms with Crippen molar-refractivity contribution < 1.29 is 5.11 Å². The second-order valence-electron chi connectivity index (χ2n) is 4.92. The van der Waals surface area contributed by atoms with E-state index in [0.717, 1.165) is 17.1 Å². The summed E-state index contributed by atoms with van der Waals surface area (Å²) < 4.78 is 0. The van der Waals surface area contributed by atoms with E-state index in [1.807, 2.05) is 19.1 Å². The molecule has 0 saturated heterocycles. The molecule has 84 valence electrons. The Balaban J connectivity index is 2.92. The van der Waals surface area contributed by atoms with E-state index < -0.39 is 6.10 Å². The zero-order valence-corrected chi connectivity index (χ0v) is 10.1. The number of rotatable bonds is 2. The summed E-state index contributed by atoms with van der Waals surface area (Å²) in [5.74, 6) is 0.851. The van der Waals surface area contributed by atoms with Crippen molar-refractivity contribution in [1.82, 2.24) is 4.98 Å². The first-order valence-corrected chi connectivity index (χ1v) is 5.23. The smallest absolute Gasteiger partial charge is 0.126 e. The van der Waals surface area contributed by atoms with Gasteiger partial charge in [0.25, 0.3) is 0 Å². The topological polar surface area (TPSA) is 45.2 Å². The van der Waals surface area contributed by atoms with Crippen LogP contribution in [0.3, 0.4) is 0 Å². The standard InChI is InChI=1S/C12H20N2O/c1-8-10(9(2)15)6-7-11(13-8)14-12(3,4)5/h6-7,9,15H,1-5H3,(H,13,14)/t9-/m0/s1. The van der Waals surface area contributed by atoms with E-state index in [1.54, 1.807) is 6.92 Å². The summed E-state index contributed by atoms with van der Waals surface area (Å²) in [5, 5.41) is 12.8. The predicted octanol–water partition coefficient (Wildman–Crippen LogP) is 2.65. The van der Waals surface area contributed by atoms with Crippen LogP contribution in [-0.4, -0.2) is 15.6 Å². The van der Waals surface area contributed by atoms with Gasteiger partial charge in [-0.1, -0.05) is 6.07 Å². The fourth-order valence-corrected chi connectivity index (χ4v) is 1.47. The molecule has 2 N–H and O–H groups in total. The third-order valence-corrected chi connectivity index (χ3v) is 2.08. The Morgan fingerprint density at radius 3 is 2.33 bits per heavy atom. The van der Waals surface area contributed by atoms with Crippen LogP contribution >= 0.6 is 0 Å². The van der Waals surface area contributed by atoms with Crippen molar-refractivity contribution in [3.05, 3.63) is 23.4 Å². The highest BCUT2D eigenvalue weighted by atomic mass is 16.3. The van der Waals surface area contributed by atoms with Crippen LogP contribution in [0.1, 0.15) is 45.1 Å². The van der Waals surface area contributed by atoms with Gasteiger partial charge in [0, 0.05) is 16.8 Å². The maximum absolute atomic E-state index is 9.47. The summed E-state index contributed by atoms with van der Waals surface area (Å²) in [6.45, 7) is 9.93. The number of aryl methyl sites for hydroxylation is 1. The van der Waals surface area contributed by atoms with E-state index in [1.165, 1.54) is 0 Å². The van der Waals surface area contributed by atoms with Crippen LogP contribution in [0.15, 0.2) is 12.1 Å². The van der Waals surface area contributed by atoms with E-state index >= 15 is 0 Å². The molecule has 0 saturated carbocycles. The van der Waals surface area contributed by atoms with Gasteiger partial charge in [-0.3, -0.25) is 0 Å². The zero-order chi connectivity index (χ0) is 11.6. The normalized spacial score (nSPS) is 13.7. The fraction of sp³-hybridized carbons (Fsp3) is 0.583. The molecule has 0 bridgehead atoms. The van der Waals surface area contributed by atoms with Gasteiger partial charge in [-0.15, -0.1) is 0 Å². The second kappa shape index (κ2) is 4.19. The van der Waals surface area contributed by atoms with Crippen LogP contribution in [0.25, 0.3) is 0 Å². The number of nitrogens with zero attached hydrogens (tertiary/aromatic N) is 1. The van der Waals surface area contributed by atoms with E-state index in [2.05, 4.69) is 31.1 Å². The lowest BCUT2D eigenvalue weighted by atomic mass is 10.1. The maximum atomic E-state index is 9.47. The van der Waals surface area contributed by atoms with Gasteiger partial charge in [-0.25, -0.2) is 4.98 Å². The molecule has 0 aliphatic heterocycles. The molecule has 0 aliphatic carbocycles. The highest BCUT2D eigenvalue weighted by Gasteiger charge is 2.12. The molecule has 1 aromatic heterocycles. The zero-order valence-electron chi connectivity index (χ0n) is 10.1. The summed E-state index contributed by atoms with van der Waals surface area (Å²) in [6, 6.07) is 3.82. The van der Waals surface area contributed by atoms with Crippen LogP contribution in [0, 0.1) is 6.92 Å². The summed E-state index contributed by atoms with van der Waals surface area (Å²) >= 11 is 0. The lowest BCUT2D eigenvalue weighted by molar-refractivity contribution is 0.198. The molecule has 3 nitrogen and oxygen atoms in total. The Labute approximate surface area is 91.5 Å². The van der Waals surface area contributed by atoms with E-state index in [-0.39, 0.29) is 5.54 Å². The van der Waals surface area contributed by atoms with Crippen LogP contribution < -0.4 is 5.32 Å². The van der Waals surface area contributed by atoms with Crippen molar-refractivity contribution in [2.75, 3.05) is 5.32 Å². The van der Waals surface area contributed by atoms with Gasteiger partial charge in [0.2, 0.25) is 0 Å². The fourth-order valence-electron chi connectivity index (χ4n) is 1.47. The third kappa shape index (κ3) is 3.51. The number of hydrogen-bond donors (Lipinski definition) is 2. The molecule has 1 atom stereocenters. The first-order chi connectivity index (χ1) is 6.79. The lowest BCUT2D eigenvalue weighted by Crippen LogP contribution is -2.26. The predicted molar refractivity (Wildman–Crippen MR) is 63.0 cm³/mol. The Kier molecular flexibility index (Phi) is 3.35. The van der Waals surface area contributed by atoms with Gasteiger partial charge in [-0.05, 0) is 40.7 Å². The quantitative estimate of drug-likeness (QED) is 0.785. The van der Waals surface area contributed by atoms with Crippen LogP contribution in [0.4, 0.5) is 5.82 Å². The molecule has 0 aliphatic rings. The summed E-state index contributed by atoms with van der Waals surface area (Å²) in [7, 11) is 0. The number of nitrogens with one attached hydrogen (secondary N) is 1. The van der Waals surface area contributed by atoms with E-state index in [9.17, 15) is 5.11 Å². The molecule has 3 heteroatoms. The lowest BCUT2D eigenvalue weighted by Gasteiger charge is -2.22. The average Bonchev–Trinajstić information content (AvgIpc) is 1.99. The molecule has 1 rings (SSSR count). The van der Waals surface area contributed by atoms with Gasteiger partial charge >= 0.3 is 0 Å². The highest BCUT2D eigenvalue weighted by Crippen LogP contribution is 2.19. The van der Waals surface area contributed by atoms with Gasteiger partial charge < -0.3 is 10.4 Å². The summed E-state index contributed by atoms with van der Waals surface area (Å²) in [5.41, 5.74) is 1.76. The number of aromatic nitrogens is 1. The number of pyridine rings is 1. The molecule has 1 heterocycles. The van der Waals surface area contributed by atoms with Crippen molar-refractivity contribution in [3.63, 3.8) is 0 Å². The first-order valence-electron chi connectivity index (χ1n) is 5.23. The number of hydrogen-bond acceptors (Lipinski definition) is 3. The molecule has 0 radical (unpaired) electrons. The van der Waals surface area contributed by atoms with Gasteiger partial charge in [0.15, 0.2) is 0 Å². The van der Waals surface area contributed by atoms with E-state index in [0.29, 0.717) is 0 Å². The van der Waals surface area contributed by atoms with E-state index in [4.69, 9.17) is 0 Å². The number of anilines is 1. The summed E-state index contributed by atoms with van der Waals surface area (Å²) in [6.07, 6.45) is -0.457. The van der Waals surface area contributed by atoms with Crippen molar-refractivity contribution >= 4 is 5.82 Å². The van der Waals surface area contributed by atoms with Crippen LogP contribution in [-0.2, 0) is 0 Å². The second-order valence-corrected chi connectivity index (χ2v) is 4.92. The molecule has 0 fully saturated rings. The van der Waals surface area contributed by atoms with Crippen LogP contribution in [0.2, 0.25) is 0 Å². The monoisotopic (exact) mass is 208 g/mol. The SMILES string of the molecule is Cc1nc(NC(C)(C)C)ccc1[C@H](C)O. The minimum atomic E-state index is -0.457. The Bertz CT molecular complexity index is 340. The van der Waals surface area contributed by atoms with Crippen molar-refractivity contribution in [2.45, 2.75) is 46.3 Å². The first kappa shape index (κ1) is 12.0. The van der Waals surface area contributed by atoms with Crippen molar-refractivity contribution in [2.24, 2.45) is 0 Å². The Morgan fingerprint density at radius 2 is 1.93 bits per heavy atom. The number of aliphatic hydroxyl groups excluding tert-OH is 1. The molecule has 1 aromatic rings. The number of aliphatic hydroxyl groups is 1. The average molecular weight is 208 g/mol. The molecule has 0 amide bonds. The van der Waals surface area contributed by atoms with Gasteiger partial charge in [-0.2, -0.15) is 0 Å². The Morgan fingerprint density at radius 1 is 1.33 bits per heavy atom. The minimum Gasteiger partial charge on any atom is -0.389 e. The van der Waals surface area contributed by atoms with Gasteiger partial charge in [0.1, 0.15) is 5.82 Å². The highest BCUT2D eigenvalue weighted by molar-refractivity contribution is 5.40. The van der Waals surface area contributed by atoms with Gasteiger partial charge in [0.05, 0.1) is 6.10 Å².